The summed E-state index contributed by atoms with van der Waals surface area (Å²) in [6.07, 6.45) is -0.553. The molecular formula is C11H13NO3. The lowest BCUT2D eigenvalue weighted by Gasteiger charge is -2.10. The maximum Gasteiger partial charge on any atom is 0.343 e. The first-order chi connectivity index (χ1) is 7.19. The van der Waals surface area contributed by atoms with Gasteiger partial charge in [0.15, 0.2) is 6.23 Å². The molecule has 0 spiro atoms. The molecule has 0 heterocycles. The number of aliphatic imine (C=N–C) groups is 1. The number of carbonyl (C=O) groups is 1. The molecule has 0 N–H and O–H groups in total. The third-order valence-electron chi connectivity index (χ3n) is 1.86. The highest BCUT2D eigenvalue weighted by atomic mass is 16.6. The van der Waals surface area contributed by atoms with Gasteiger partial charge in [-0.1, -0.05) is 12.1 Å². The summed E-state index contributed by atoms with van der Waals surface area (Å²) in [5, 5.41) is 0. The van der Waals surface area contributed by atoms with Crippen LogP contribution >= 0.6 is 0 Å². The lowest BCUT2D eigenvalue weighted by atomic mass is 10.2. The fourth-order valence-corrected chi connectivity index (χ4v) is 1.07. The molecule has 0 aliphatic heterocycles. The molecule has 15 heavy (non-hydrogen) atoms. The van der Waals surface area contributed by atoms with Gasteiger partial charge < -0.3 is 9.47 Å². The molecule has 0 aliphatic carbocycles. The van der Waals surface area contributed by atoms with Gasteiger partial charge in [0, 0.05) is 0 Å². The van der Waals surface area contributed by atoms with Gasteiger partial charge in [-0.05, 0) is 25.8 Å². The third kappa shape index (κ3) is 2.80. The fourth-order valence-electron chi connectivity index (χ4n) is 1.07. The summed E-state index contributed by atoms with van der Waals surface area (Å²) in [5.41, 5.74) is 0.385. The van der Waals surface area contributed by atoms with E-state index >= 15 is 0 Å². The molecule has 1 aromatic carbocycles. The third-order valence-corrected chi connectivity index (χ3v) is 1.86. The molecule has 0 saturated carbocycles. The van der Waals surface area contributed by atoms with Crippen LogP contribution in [0.4, 0.5) is 0 Å². The highest BCUT2D eigenvalue weighted by Gasteiger charge is 2.14. The van der Waals surface area contributed by atoms with Crippen molar-refractivity contribution >= 4 is 12.7 Å². The number of carbonyl (C=O) groups excluding carboxylic acids is 1. The van der Waals surface area contributed by atoms with E-state index in [1.807, 2.05) is 0 Å². The van der Waals surface area contributed by atoms with Crippen LogP contribution in [0.1, 0.15) is 17.3 Å². The summed E-state index contributed by atoms with van der Waals surface area (Å²) in [7, 11) is 1.50. The average molecular weight is 207 g/mol. The van der Waals surface area contributed by atoms with E-state index in [-0.39, 0.29) is 0 Å². The zero-order valence-corrected chi connectivity index (χ0v) is 8.77. The minimum atomic E-state index is -0.553. The minimum Gasteiger partial charge on any atom is -0.496 e. The molecule has 0 bridgehead atoms. The van der Waals surface area contributed by atoms with Crippen LogP contribution in [-0.2, 0) is 4.74 Å². The standard InChI is InChI=1S/C11H13NO3/c1-8(12-2)15-11(13)9-6-4-5-7-10(9)14-3/h4-8H,2H2,1,3H3. The van der Waals surface area contributed by atoms with Gasteiger partial charge in [0.05, 0.1) is 7.11 Å². The normalized spacial score (nSPS) is 11.6. The van der Waals surface area contributed by atoms with Gasteiger partial charge in [-0.15, -0.1) is 0 Å². The average Bonchev–Trinajstić information content (AvgIpc) is 2.28. The van der Waals surface area contributed by atoms with Crippen molar-refractivity contribution in [3.8, 4) is 5.75 Å². The van der Waals surface area contributed by atoms with Gasteiger partial charge in [0.25, 0.3) is 0 Å². The highest BCUT2D eigenvalue weighted by Crippen LogP contribution is 2.18. The molecule has 0 amide bonds. The SMILES string of the molecule is C=NC(C)OC(=O)c1ccccc1OC. The summed E-state index contributed by atoms with van der Waals surface area (Å²) < 4.78 is 10.0. The first kappa shape index (κ1) is 11.2. The number of nitrogens with zero attached hydrogens (tertiary/aromatic N) is 1. The number of benzene rings is 1. The largest absolute Gasteiger partial charge is 0.496 e. The Morgan fingerprint density at radius 2 is 2.13 bits per heavy atom. The van der Waals surface area contributed by atoms with Crippen molar-refractivity contribution in [2.75, 3.05) is 7.11 Å². The second-order valence-electron chi connectivity index (χ2n) is 2.89. The van der Waals surface area contributed by atoms with Crippen LogP contribution in [0.25, 0.3) is 0 Å². The predicted octanol–water partition coefficient (Wildman–Crippen LogP) is 1.90. The maximum atomic E-state index is 11.6. The summed E-state index contributed by atoms with van der Waals surface area (Å²) in [6.45, 7) is 4.93. The van der Waals surface area contributed by atoms with E-state index < -0.39 is 12.2 Å². The summed E-state index contributed by atoms with van der Waals surface area (Å²) in [6, 6.07) is 6.86. The quantitative estimate of drug-likeness (QED) is 0.559. The molecule has 0 radical (unpaired) electrons. The molecule has 0 aliphatic rings. The van der Waals surface area contributed by atoms with E-state index in [9.17, 15) is 4.79 Å². The summed E-state index contributed by atoms with van der Waals surface area (Å²) in [5.74, 6) is 0.0195. The molecule has 0 saturated heterocycles. The lowest BCUT2D eigenvalue weighted by molar-refractivity contribution is 0.0358. The van der Waals surface area contributed by atoms with E-state index in [0.29, 0.717) is 11.3 Å². The topological polar surface area (TPSA) is 47.9 Å². The van der Waals surface area contributed by atoms with Crippen molar-refractivity contribution in [3.05, 3.63) is 29.8 Å². The van der Waals surface area contributed by atoms with Gasteiger partial charge in [-0.25, -0.2) is 4.79 Å². The van der Waals surface area contributed by atoms with E-state index in [4.69, 9.17) is 9.47 Å². The second kappa shape index (κ2) is 5.14. The van der Waals surface area contributed by atoms with Crippen molar-refractivity contribution in [3.63, 3.8) is 0 Å². The van der Waals surface area contributed by atoms with Crippen molar-refractivity contribution < 1.29 is 14.3 Å². The van der Waals surface area contributed by atoms with Crippen LogP contribution in [0.15, 0.2) is 29.3 Å². The Balaban J connectivity index is 2.85. The number of methoxy groups -OCH3 is 1. The molecule has 4 nitrogen and oxygen atoms in total. The van der Waals surface area contributed by atoms with Crippen molar-refractivity contribution in [2.24, 2.45) is 4.99 Å². The molecule has 80 valence electrons. The van der Waals surface area contributed by atoms with Crippen molar-refractivity contribution in [2.45, 2.75) is 13.2 Å². The Morgan fingerprint density at radius 1 is 1.47 bits per heavy atom. The van der Waals surface area contributed by atoms with E-state index in [0.717, 1.165) is 0 Å². The molecule has 0 fully saturated rings. The Kier molecular flexibility index (Phi) is 3.85. The number of hydrogen-bond acceptors (Lipinski definition) is 4. The Hall–Kier alpha value is -1.84. The zero-order chi connectivity index (χ0) is 11.3. The smallest absolute Gasteiger partial charge is 0.343 e. The van der Waals surface area contributed by atoms with Crippen molar-refractivity contribution in [1.82, 2.24) is 0 Å². The van der Waals surface area contributed by atoms with Gasteiger partial charge in [-0.2, -0.15) is 0 Å². The molecule has 4 heteroatoms. The monoisotopic (exact) mass is 207 g/mol. The molecular weight excluding hydrogens is 194 g/mol. The van der Waals surface area contributed by atoms with Gasteiger partial charge in [0.2, 0.25) is 0 Å². The van der Waals surface area contributed by atoms with E-state index in [1.54, 1.807) is 31.2 Å². The number of esters is 1. The van der Waals surface area contributed by atoms with Crippen molar-refractivity contribution in [1.29, 1.82) is 0 Å². The summed E-state index contributed by atoms with van der Waals surface area (Å²) in [4.78, 5) is 15.2. The lowest BCUT2D eigenvalue weighted by Crippen LogP contribution is -2.13. The minimum absolute atomic E-state index is 0.385. The Labute approximate surface area is 88.5 Å². The summed E-state index contributed by atoms with van der Waals surface area (Å²) >= 11 is 0. The van der Waals surface area contributed by atoms with Crippen LogP contribution in [0.3, 0.4) is 0 Å². The van der Waals surface area contributed by atoms with Crippen LogP contribution in [0.5, 0.6) is 5.75 Å². The number of ether oxygens (including phenoxy) is 2. The predicted molar refractivity (Wildman–Crippen MR) is 57.4 cm³/mol. The first-order valence-corrected chi connectivity index (χ1v) is 4.49. The van der Waals surface area contributed by atoms with E-state index in [1.165, 1.54) is 7.11 Å². The van der Waals surface area contributed by atoms with Crippen LogP contribution in [0, 0.1) is 0 Å². The first-order valence-electron chi connectivity index (χ1n) is 4.49. The molecule has 1 rings (SSSR count). The number of rotatable bonds is 4. The van der Waals surface area contributed by atoms with Crippen LogP contribution in [0.2, 0.25) is 0 Å². The number of hydrogen-bond donors (Lipinski definition) is 0. The zero-order valence-electron chi connectivity index (χ0n) is 8.77. The van der Waals surface area contributed by atoms with Gasteiger partial charge >= 0.3 is 5.97 Å². The highest BCUT2D eigenvalue weighted by molar-refractivity contribution is 5.92. The number of para-hydroxylation sites is 1. The Bertz CT molecular complexity index is 363. The molecule has 0 aromatic heterocycles. The van der Waals surface area contributed by atoms with Crippen LogP contribution < -0.4 is 4.74 Å². The molecule has 1 unspecified atom stereocenters. The molecule has 1 atom stereocenters. The molecule has 1 aromatic rings. The Morgan fingerprint density at radius 3 is 2.73 bits per heavy atom. The fraction of sp³-hybridized carbons (Fsp3) is 0.273. The second-order valence-corrected chi connectivity index (χ2v) is 2.89. The van der Waals surface area contributed by atoms with Gasteiger partial charge in [-0.3, -0.25) is 4.99 Å². The maximum absolute atomic E-state index is 11.6. The van der Waals surface area contributed by atoms with E-state index in [2.05, 4.69) is 11.7 Å². The van der Waals surface area contributed by atoms with Gasteiger partial charge in [0.1, 0.15) is 11.3 Å². The van der Waals surface area contributed by atoms with Crippen LogP contribution in [-0.4, -0.2) is 26.0 Å².